The van der Waals surface area contributed by atoms with Gasteiger partial charge in [0.2, 0.25) is 0 Å². The van der Waals surface area contributed by atoms with Gasteiger partial charge in [-0.05, 0) is 80.6 Å². The Morgan fingerprint density at radius 3 is 2.11 bits per heavy atom. The molecule has 10 rings (SSSR count). The number of fused-ring (bicyclic) bond motifs is 11. The summed E-state index contributed by atoms with van der Waals surface area (Å²) >= 11 is 1.89. The van der Waals surface area contributed by atoms with Crippen LogP contribution < -0.4 is 0 Å². The molecule has 0 spiro atoms. The van der Waals surface area contributed by atoms with Crippen molar-refractivity contribution in [1.82, 2.24) is 4.57 Å². The maximum Gasteiger partial charge on any atom is 0.0588 e. The third-order valence-corrected chi connectivity index (χ3v) is 11.3. The van der Waals surface area contributed by atoms with Crippen LogP contribution in [-0.2, 0) is 5.41 Å². The highest BCUT2D eigenvalue weighted by atomic mass is 32.1. The van der Waals surface area contributed by atoms with Crippen molar-refractivity contribution in [2.45, 2.75) is 19.3 Å². The number of hydrogen-bond donors (Lipinski definition) is 0. The molecule has 45 heavy (non-hydrogen) atoms. The Morgan fingerprint density at radius 1 is 0.511 bits per heavy atom. The first-order valence-electron chi connectivity index (χ1n) is 15.7. The van der Waals surface area contributed by atoms with Gasteiger partial charge in [-0.15, -0.1) is 11.3 Å². The van der Waals surface area contributed by atoms with Gasteiger partial charge in [0, 0.05) is 42.0 Å². The molecule has 0 unspecified atom stereocenters. The van der Waals surface area contributed by atoms with Gasteiger partial charge in [0.05, 0.1) is 11.0 Å². The minimum Gasteiger partial charge on any atom is -0.309 e. The van der Waals surface area contributed by atoms with Gasteiger partial charge in [0.1, 0.15) is 0 Å². The molecule has 0 bridgehead atoms. The van der Waals surface area contributed by atoms with Gasteiger partial charge in [0.15, 0.2) is 0 Å². The zero-order valence-electron chi connectivity index (χ0n) is 25.1. The predicted molar refractivity (Wildman–Crippen MR) is 194 cm³/mol. The van der Waals surface area contributed by atoms with Crippen LogP contribution in [0.5, 0.6) is 0 Å². The topological polar surface area (TPSA) is 4.93 Å². The van der Waals surface area contributed by atoms with Crippen LogP contribution in [0.1, 0.15) is 25.0 Å². The number of benzene rings is 7. The van der Waals surface area contributed by atoms with E-state index in [4.69, 9.17) is 0 Å². The van der Waals surface area contributed by atoms with Gasteiger partial charge in [-0.1, -0.05) is 117 Å². The highest BCUT2D eigenvalue weighted by Gasteiger charge is 2.39. The van der Waals surface area contributed by atoms with Crippen molar-refractivity contribution in [3.63, 3.8) is 0 Å². The van der Waals surface area contributed by atoms with Gasteiger partial charge < -0.3 is 4.57 Å². The SMILES string of the molecule is CC1(C)c2cc(-c3ccc4c(c3)sc3ccccc34)ccc2-c2ccc3c4ccccc4n(-c4ccc5ccccc5c4)c3c21. The first-order chi connectivity index (χ1) is 22.1. The summed E-state index contributed by atoms with van der Waals surface area (Å²) in [4.78, 5) is 0. The zero-order valence-corrected chi connectivity index (χ0v) is 26.0. The minimum absolute atomic E-state index is 0.176. The summed E-state index contributed by atoms with van der Waals surface area (Å²) in [6, 6.07) is 52.0. The first kappa shape index (κ1) is 25.2. The van der Waals surface area contributed by atoms with Crippen molar-refractivity contribution in [3.05, 3.63) is 151 Å². The standard InChI is InChI=1S/C43H29NS/c1-43(2)37-24-28(29-17-20-34-33-12-6-8-14-39(33)45-40(34)25-29)16-19-31(37)35-21-22-36-32-11-5-7-13-38(32)44(42(36)41(35)43)30-18-15-26-9-3-4-10-27(26)23-30/h3-25H,1-2H3. The quantitative estimate of drug-likeness (QED) is 0.188. The zero-order chi connectivity index (χ0) is 29.9. The first-order valence-corrected chi connectivity index (χ1v) is 16.5. The van der Waals surface area contributed by atoms with E-state index in [9.17, 15) is 0 Å². The van der Waals surface area contributed by atoms with E-state index in [1.807, 2.05) is 11.3 Å². The Labute approximate surface area is 265 Å². The summed E-state index contributed by atoms with van der Waals surface area (Å²) in [7, 11) is 0. The second-order valence-corrected chi connectivity index (χ2v) is 14.0. The molecule has 0 N–H and O–H groups in total. The number of hydrogen-bond acceptors (Lipinski definition) is 1. The molecule has 0 saturated carbocycles. The Kier molecular flexibility index (Phi) is 5.00. The third-order valence-electron chi connectivity index (χ3n) is 10.1. The van der Waals surface area contributed by atoms with Crippen LogP contribution in [0.2, 0.25) is 0 Å². The van der Waals surface area contributed by atoms with Gasteiger partial charge in [0.25, 0.3) is 0 Å². The van der Waals surface area contributed by atoms with Crippen molar-refractivity contribution in [3.8, 4) is 27.9 Å². The molecule has 1 aliphatic rings. The summed E-state index contributed by atoms with van der Waals surface area (Å²) in [5.41, 5.74) is 11.7. The summed E-state index contributed by atoms with van der Waals surface area (Å²) in [5.74, 6) is 0. The molecule has 1 nitrogen and oxygen atoms in total. The molecular formula is C43H29NS. The van der Waals surface area contributed by atoms with Crippen LogP contribution in [0.4, 0.5) is 0 Å². The van der Waals surface area contributed by atoms with Crippen LogP contribution in [0.3, 0.4) is 0 Å². The molecule has 2 heteroatoms. The van der Waals surface area contributed by atoms with Crippen molar-refractivity contribution in [2.24, 2.45) is 0 Å². The number of nitrogens with zero attached hydrogens (tertiary/aromatic N) is 1. The van der Waals surface area contributed by atoms with Crippen molar-refractivity contribution < 1.29 is 0 Å². The van der Waals surface area contributed by atoms with Crippen LogP contribution in [-0.4, -0.2) is 4.57 Å². The molecule has 0 amide bonds. The van der Waals surface area contributed by atoms with E-state index in [-0.39, 0.29) is 5.41 Å². The largest absolute Gasteiger partial charge is 0.309 e. The molecule has 2 aromatic heterocycles. The number of thiophene rings is 1. The molecular weight excluding hydrogens is 563 g/mol. The van der Waals surface area contributed by atoms with Gasteiger partial charge in [-0.3, -0.25) is 0 Å². The highest BCUT2D eigenvalue weighted by Crippen LogP contribution is 2.54. The average molecular weight is 592 g/mol. The Morgan fingerprint density at radius 2 is 1.20 bits per heavy atom. The summed E-state index contributed by atoms with van der Waals surface area (Å²) in [5, 5.41) is 7.83. The molecule has 212 valence electrons. The fourth-order valence-corrected chi connectivity index (χ4v) is 9.16. The summed E-state index contributed by atoms with van der Waals surface area (Å²) in [6.45, 7) is 4.83. The molecule has 2 heterocycles. The highest BCUT2D eigenvalue weighted by molar-refractivity contribution is 7.25. The lowest BCUT2D eigenvalue weighted by Crippen LogP contribution is -2.16. The Bertz CT molecular complexity index is 2680. The summed E-state index contributed by atoms with van der Waals surface area (Å²) < 4.78 is 5.21. The molecule has 0 aliphatic heterocycles. The molecule has 9 aromatic rings. The van der Waals surface area contributed by atoms with E-state index in [0.29, 0.717) is 0 Å². The Hall–Kier alpha value is -5.18. The third kappa shape index (κ3) is 3.43. The van der Waals surface area contributed by atoms with Crippen molar-refractivity contribution in [2.75, 3.05) is 0 Å². The van der Waals surface area contributed by atoms with E-state index in [1.165, 1.54) is 91.8 Å². The van der Waals surface area contributed by atoms with Gasteiger partial charge >= 0.3 is 0 Å². The number of aromatic nitrogens is 1. The van der Waals surface area contributed by atoms with Crippen LogP contribution in [0.15, 0.2) is 140 Å². The van der Waals surface area contributed by atoms with E-state index in [1.54, 1.807) is 0 Å². The minimum atomic E-state index is -0.176. The summed E-state index contributed by atoms with van der Waals surface area (Å²) in [6.07, 6.45) is 0. The monoisotopic (exact) mass is 591 g/mol. The molecule has 0 fully saturated rings. The van der Waals surface area contributed by atoms with Crippen LogP contribution >= 0.6 is 11.3 Å². The van der Waals surface area contributed by atoms with Gasteiger partial charge in [-0.25, -0.2) is 0 Å². The van der Waals surface area contributed by atoms with E-state index in [2.05, 4.69) is 158 Å². The molecule has 0 radical (unpaired) electrons. The second kappa shape index (κ2) is 8.94. The molecule has 7 aromatic carbocycles. The fourth-order valence-electron chi connectivity index (χ4n) is 8.01. The lowest BCUT2D eigenvalue weighted by atomic mass is 9.80. The van der Waals surface area contributed by atoms with E-state index < -0.39 is 0 Å². The lowest BCUT2D eigenvalue weighted by Gasteiger charge is -2.24. The lowest BCUT2D eigenvalue weighted by molar-refractivity contribution is 0.664. The molecule has 1 aliphatic carbocycles. The van der Waals surface area contributed by atoms with Gasteiger partial charge in [-0.2, -0.15) is 0 Å². The Balaban J connectivity index is 1.20. The van der Waals surface area contributed by atoms with E-state index in [0.717, 1.165) is 0 Å². The smallest absolute Gasteiger partial charge is 0.0588 e. The predicted octanol–water partition coefficient (Wildman–Crippen LogP) is 12.3. The molecule has 0 atom stereocenters. The van der Waals surface area contributed by atoms with Crippen molar-refractivity contribution >= 4 is 64.1 Å². The van der Waals surface area contributed by atoms with Crippen LogP contribution in [0.25, 0.3) is 80.7 Å². The second-order valence-electron chi connectivity index (χ2n) is 13.0. The molecule has 0 saturated heterocycles. The maximum atomic E-state index is 2.51. The van der Waals surface area contributed by atoms with Crippen LogP contribution in [0, 0.1) is 0 Å². The fraction of sp³-hybridized carbons (Fsp3) is 0.0698. The van der Waals surface area contributed by atoms with E-state index >= 15 is 0 Å². The number of rotatable bonds is 2. The number of para-hydroxylation sites is 1. The maximum absolute atomic E-state index is 2.51. The average Bonchev–Trinajstić information content (AvgIpc) is 3.69. The van der Waals surface area contributed by atoms with Crippen molar-refractivity contribution in [1.29, 1.82) is 0 Å². The normalized spacial score (nSPS) is 13.7.